The van der Waals surface area contributed by atoms with Crippen molar-refractivity contribution in [3.8, 4) is 11.5 Å². The summed E-state index contributed by atoms with van der Waals surface area (Å²) in [6.45, 7) is 0. The molecule has 0 aliphatic carbocycles. The van der Waals surface area contributed by atoms with E-state index in [1.165, 1.54) is 18.2 Å². The lowest BCUT2D eigenvalue weighted by atomic mass is 10.1. The molecule has 0 spiro atoms. The first-order valence-corrected chi connectivity index (χ1v) is 6.48. The second-order valence-corrected chi connectivity index (χ2v) is 4.61. The van der Waals surface area contributed by atoms with E-state index in [2.05, 4.69) is 5.32 Å². The van der Waals surface area contributed by atoms with Gasteiger partial charge in [0.25, 0.3) is 0 Å². The van der Waals surface area contributed by atoms with Gasteiger partial charge in [-0.2, -0.15) is 0 Å². The minimum absolute atomic E-state index is 0.158. The number of anilines is 1. The van der Waals surface area contributed by atoms with Crippen LogP contribution in [0.1, 0.15) is 15.9 Å². The van der Waals surface area contributed by atoms with E-state index in [0.29, 0.717) is 11.4 Å². The Morgan fingerprint density at radius 2 is 1.82 bits per heavy atom. The van der Waals surface area contributed by atoms with Gasteiger partial charge in [0, 0.05) is 11.8 Å². The number of aromatic hydroxyl groups is 1. The molecule has 114 valence electrons. The van der Waals surface area contributed by atoms with E-state index in [1.54, 1.807) is 31.4 Å². The normalized spacial score (nSPS) is 10.0. The zero-order chi connectivity index (χ0) is 16.1. The van der Waals surface area contributed by atoms with E-state index in [9.17, 15) is 14.7 Å². The summed E-state index contributed by atoms with van der Waals surface area (Å²) < 4.78 is 5.04. The summed E-state index contributed by atoms with van der Waals surface area (Å²) >= 11 is 0. The zero-order valence-corrected chi connectivity index (χ0v) is 11.9. The number of hydrogen-bond donors (Lipinski definition) is 3. The molecular weight excluding hydrogens is 286 g/mol. The molecule has 22 heavy (non-hydrogen) atoms. The Kier molecular flexibility index (Phi) is 4.63. The number of carboxylic acid groups (broad SMARTS) is 1. The third-order valence-electron chi connectivity index (χ3n) is 3.04. The van der Waals surface area contributed by atoms with Gasteiger partial charge in [0.2, 0.25) is 5.91 Å². The fourth-order valence-corrected chi connectivity index (χ4v) is 1.92. The van der Waals surface area contributed by atoms with E-state index in [0.717, 1.165) is 5.56 Å². The number of nitrogens with one attached hydrogen (secondary N) is 1. The Morgan fingerprint density at radius 3 is 2.36 bits per heavy atom. The Hall–Kier alpha value is -3.02. The van der Waals surface area contributed by atoms with E-state index in [-0.39, 0.29) is 17.9 Å². The maximum absolute atomic E-state index is 11.9. The summed E-state index contributed by atoms with van der Waals surface area (Å²) in [6.07, 6.45) is 0.158. The average Bonchev–Trinajstić information content (AvgIpc) is 2.47. The van der Waals surface area contributed by atoms with Crippen LogP contribution in [0.25, 0.3) is 0 Å². The first-order valence-electron chi connectivity index (χ1n) is 6.48. The molecule has 0 unspecified atom stereocenters. The monoisotopic (exact) mass is 301 g/mol. The number of carboxylic acids is 1. The molecule has 0 aliphatic rings. The number of aromatic carboxylic acids is 1. The molecule has 6 heteroatoms. The summed E-state index contributed by atoms with van der Waals surface area (Å²) in [4.78, 5) is 22.7. The van der Waals surface area contributed by atoms with Crippen molar-refractivity contribution >= 4 is 17.6 Å². The predicted molar refractivity (Wildman–Crippen MR) is 80.4 cm³/mol. The molecular formula is C16H15NO5. The van der Waals surface area contributed by atoms with Crippen molar-refractivity contribution in [3.05, 3.63) is 53.6 Å². The largest absolute Gasteiger partial charge is 0.507 e. The average molecular weight is 301 g/mol. The van der Waals surface area contributed by atoms with Gasteiger partial charge in [-0.05, 0) is 29.8 Å². The number of rotatable bonds is 5. The highest BCUT2D eigenvalue weighted by atomic mass is 16.5. The Labute approximate surface area is 127 Å². The molecule has 0 fully saturated rings. The molecule has 2 rings (SSSR count). The molecule has 0 aliphatic heterocycles. The molecule has 2 aromatic carbocycles. The standard InChI is InChI=1S/C16H15NO5/c1-22-12-5-2-10(3-6-12)8-15(19)17-11-4-7-13(16(20)21)14(18)9-11/h2-7,9,18H,8H2,1H3,(H,17,19)(H,20,21). The SMILES string of the molecule is COc1ccc(CC(=O)Nc2ccc(C(=O)O)c(O)c2)cc1. The highest BCUT2D eigenvalue weighted by molar-refractivity contribution is 5.95. The van der Waals surface area contributed by atoms with Crippen LogP contribution >= 0.6 is 0 Å². The van der Waals surface area contributed by atoms with Crippen LogP contribution in [-0.4, -0.2) is 29.2 Å². The topological polar surface area (TPSA) is 95.9 Å². The zero-order valence-electron chi connectivity index (χ0n) is 11.9. The Bertz CT molecular complexity index is 694. The van der Waals surface area contributed by atoms with Crippen LogP contribution in [0.15, 0.2) is 42.5 Å². The van der Waals surface area contributed by atoms with Crippen LogP contribution in [0.3, 0.4) is 0 Å². The molecule has 0 bridgehead atoms. The number of carbonyl (C=O) groups excluding carboxylic acids is 1. The third kappa shape index (κ3) is 3.76. The van der Waals surface area contributed by atoms with E-state index in [1.807, 2.05) is 0 Å². The number of amides is 1. The molecule has 0 aromatic heterocycles. The molecule has 0 saturated carbocycles. The molecule has 0 radical (unpaired) electrons. The van der Waals surface area contributed by atoms with Gasteiger partial charge in [-0.25, -0.2) is 4.79 Å². The second-order valence-electron chi connectivity index (χ2n) is 4.61. The maximum atomic E-state index is 11.9. The molecule has 0 atom stereocenters. The molecule has 1 amide bonds. The van der Waals surface area contributed by atoms with Crippen LogP contribution in [-0.2, 0) is 11.2 Å². The molecule has 0 saturated heterocycles. The van der Waals surface area contributed by atoms with Crippen LogP contribution in [0.4, 0.5) is 5.69 Å². The van der Waals surface area contributed by atoms with Crippen molar-refractivity contribution in [3.63, 3.8) is 0 Å². The van der Waals surface area contributed by atoms with Crippen LogP contribution in [0.5, 0.6) is 11.5 Å². The van der Waals surface area contributed by atoms with E-state index < -0.39 is 11.7 Å². The van der Waals surface area contributed by atoms with Crippen molar-refractivity contribution < 1.29 is 24.5 Å². The van der Waals surface area contributed by atoms with Crippen LogP contribution in [0, 0.1) is 0 Å². The third-order valence-corrected chi connectivity index (χ3v) is 3.04. The van der Waals surface area contributed by atoms with Gasteiger partial charge in [0.1, 0.15) is 17.1 Å². The van der Waals surface area contributed by atoms with Crippen LogP contribution < -0.4 is 10.1 Å². The van der Waals surface area contributed by atoms with Crippen molar-refractivity contribution in [1.82, 2.24) is 0 Å². The van der Waals surface area contributed by atoms with E-state index >= 15 is 0 Å². The summed E-state index contributed by atoms with van der Waals surface area (Å²) in [5, 5.41) is 21.0. The molecule has 3 N–H and O–H groups in total. The first-order chi connectivity index (χ1) is 10.5. The molecule has 2 aromatic rings. The highest BCUT2D eigenvalue weighted by Crippen LogP contribution is 2.22. The van der Waals surface area contributed by atoms with Crippen LogP contribution in [0.2, 0.25) is 0 Å². The lowest BCUT2D eigenvalue weighted by Crippen LogP contribution is -2.14. The first kappa shape index (κ1) is 15.4. The molecule has 6 nitrogen and oxygen atoms in total. The lowest BCUT2D eigenvalue weighted by Gasteiger charge is -2.07. The Balaban J connectivity index is 2.02. The van der Waals surface area contributed by atoms with Gasteiger partial charge in [-0.3, -0.25) is 4.79 Å². The summed E-state index contributed by atoms with van der Waals surface area (Å²) in [6, 6.07) is 10.9. The highest BCUT2D eigenvalue weighted by Gasteiger charge is 2.11. The summed E-state index contributed by atoms with van der Waals surface area (Å²) in [7, 11) is 1.56. The minimum atomic E-state index is -1.23. The van der Waals surface area contributed by atoms with Gasteiger partial charge < -0.3 is 20.3 Å². The fourth-order valence-electron chi connectivity index (χ4n) is 1.92. The van der Waals surface area contributed by atoms with Gasteiger partial charge in [-0.15, -0.1) is 0 Å². The van der Waals surface area contributed by atoms with Crippen molar-refractivity contribution in [2.75, 3.05) is 12.4 Å². The van der Waals surface area contributed by atoms with Gasteiger partial charge in [0.15, 0.2) is 0 Å². The lowest BCUT2D eigenvalue weighted by molar-refractivity contribution is -0.115. The number of benzene rings is 2. The summed E-state index contributed by atoms with van der Waals surface area (Å²) in [5.74, 6) is -1.19. The quantitative estimate of drug-likeness (QED) is 0.787. The van der Waals surface area contributed by atoms with E-state index in [4.69, 9.17) is 9.84 Å². The van der Waals surface area contributed by atoms with Gasteiger partial charge in [-0.1, -0.05) is 12.1 Å². The van der Waals surface area contributed by atoms with Gasteiger partial charge in [0.05, 0.1) is 13.5 Å². The number of phenols is 1. The fraction of sp³-hybridized carbons (Fsp3) is 0.125. The van der Waals surface area contributed by atoms with Gasteiger partial charge >= 0.3 is 5.97 Å². The Morgan fingerprint density at radius 1 is 1.14 bits per heavy atom. The van der Waals surface area contributed by atoms with Crippen molar-refractivity contribution in [1.29, 1.82) is 0 Å². The minimum Gasteiger partial charge on any atom is -0.507 e. The predicted octanol–water partition coefficient (Wildman–Crippen LogP) is 2.28. The number of carbonyl (C=O) groups is 2. The second kappa shape index (κ2) is 6.62. The van der Waals surface area contributed by atoms with Crippen molar-refractivity contribution in [2.45, 2.75) is 6.42 Å². The number of hydrogen-bond acceptors (Lipinski definition) is 4. The number of methoxy groups -OCH3 is 1. The smallest absolute Gasteiger partial charge is 0.339 e. The number of ether oxygens (including phenoxy) is 1. The molecule has 0 heterocycles. The van der Waals surface area contributed by atoms with Crippen molar-refractivity contribution in [2.24, 2.45) is 0 Å². The maximum Gasteiger partial charge on any atom is 0.339 e. The summed E-state index contributed by atoms with van der Waals surface area (Å²) in [5.41, 5.74) is 0.929.